The number of anilines is 1. The Hall–Kier alpha value is -2.04. The molecule has 0 unspecified atom stereocenters. The van der Waals surface area contributed by atoms with Crippen molar-refractivity contribution >= 4 is 17.7 Å². The van der Waals surface area contributed by atoms with Crippen LogP contribution in [-0.4, -0.2) is 29.7 Å². The zero-order valence-electron chi connectivity index (χ0n) is 10.9. The second-order valence-corrected chi connectivity index (χ2v) is 4.85. The van der Waals surface area contributed by atoms with E-state index in [1.54, 1.807) is 0 Å². The summed E-state index contributed by atoms with van der Waals surface area (Å²) in [5.41, 5.74) is 1.83. The number of aryl methyl sites for hydroxylation is 1. The molecule has 5 nitrogen and oxygen atoms in total. The summed E-state index contributed by atoms with van der Waals surface area (Å²) in [4.78, 5) is 24.3. The lowest BCUT2D eigenvalue weighted by atomic mass is 10.2. The molecule has 2 rings (SSSR count). The third-order valence-electron chi connectivity index (χ3n) is 3.05. The zero-order valence-corrected chi connectivity index (χ0v) is 10.9. The number of nitrogens with zero attached hydrogens (tertiary/aromatic N) is 1. The molecular formula is C14H18N2O3. The van der Waals surface area contributed by atoms with Crippen LogP contribution in [0.25, 0.3) is 0 Å². The molecule has 2 N–H and O–H groups in total. The van der Waals surface area contributed by atoms with Crippen LogP contribution in [0.3, 0.4) is 0 Å². The van der Waals surface area contributed by atoms with Gasteiger partial charge in [-0.3, -0.25) is 9.69 Å². The Labute approximate surface area is 112 Å². The summed E-state index contributed by atoms with van der Waals surface area (Å²) < 4.78 is 0. The molecule has 19 heavy (non-hydrogen) atoms. The van der Waals surface area contributed by atoms with E-state index < -0.39 is 5.97 Å². The number of hydrogen-bond donors (Lipinski definition) is 2. The fourth-order valence-corrected chi connectivity index (χ4v) is 1.76. The molecule has 5 heteroatoms. The van der Waals surface area contributed by atoms with Crippen LogP contribution in [0.2, 0.25) is 0 Å². The topological polar surface area (TPSA) is 69.6 Å². The number of urea groups is 1. The third-order valence-corrected chi connectivity index (χ3v) is 3.05. The molecule has 1 aliphatic rings. The van der Waals surface area contributed by atoms with Crippen molar-refractivity contribution < 1.29 is 14.7 Å². The highest BCUT2D eigenvalue weighted by Crippen LogP contribution is 2.21. The Morgan fingerprint density at radius 1 is 1.32 bits per heavy atom. The number of aliphatic carboxylic acids is 1. The summed E-state index contributed by atoms with van der Waals surface area (Å²) in [6.07, 6.45) is 1.95. The quantitative estimate of drug-likeness (QED) is 0.854. The first-order valence-electron chi connectivity index (χ1n) is 6.43. The third kappa shape index (κ3) is 3.98. The van der Waals surface area contributed by atoms with Gasteiger partial charge in [0.1, 0.15) is 0 Å². The first-order valence-corrected chi connectivity index (χ1v) is 6.43. The molecule has 0 spiro atoms. The summed E-state index contributed by atoms with van der Waals surface area (Å²) in [5, 5.41) is 11.7. The Bertz CT molecular complexity index is 466. The number of amides is 2. The first kappa shape index (κ1) is 13.4. The number of carboxylic acid groups (broad SMARTS) is 1. The van der Waals surface area contributed by atoms with Crippen LogP contribution in [0.4, 0.5) is 10.5 Å². The summed E-state index contributed by atoms with van der Waals surface area (Å²) >= 11 is 0. The van der Waals surface area contributed by atoms with E-state index >= 15 is 0 Å². The van der Waals surface area contributed by atoms with Gasteiger partial charge >= 0.3 is 12.0 Å². The Morgan fingerprint density at radius 2 is 1.95 bits per heavy atom. The molecule has 0 saturated heterocycles. The van der Waals surface area contributed by atoms with E-state index in [1.165, 1.54) is 4.90 Å². The SMILES string of the molecule is Cc1ccc(N(CCC(=O)O)C(=O)NC2CC2)cc1. The van der Waals surface area contributed by atoms with Gasteiger partial charge in [-0.05, 0) is 31.9 Å². The molecule has 0 aliphatic heterocycles. The van der Waals surface area contributed by atoms with Gasteiger partial charge in [0, 0.05) is 18.3 Å². The van der Waals surface area contributed by atoms with Crippen LogP contribution >= 0.6 is 0 Å². The average molecular weight is 262 g/mol. The summed E-state index contributed by atoms with van der Waals surface area (Å²) in [6, 6.07) is 7.53. The molecular weight excluding hydrogens is 244 g/mol. The van der Waals surface area contributed by atoms with E-state index in [9.17, 15) is 9.59 Å². The number of carboxylic acids is 1. The molecule has 0 bridgehead atoms. The highest BCUT2D eigenvalue weighted by atomic mass is 16.4. The molecule has 0 radical (unpaired) electrons. The standard InChI is InChI=1S/C14H18N2O3/c1-10-2-6-12(7-3-10)16(9-8-13(17)18)14(19)15-11-4-5-11/h2-3,6-7,11H,4-5,8-9H2,1H3,(H,15,19)(H,17,18). The maximum atomic E-state index is 12.1. The minimum absolute atomic E-state index is 0.0635. The molecule has 1 aliphatic carbocycles. The molecule has 1 fully saturated rings. The number of hydrogen-bond acceptors (Lipinski definition) is 2. The smallest absolute Gasteiger partial charge is 0.322 e. The molecule has 2 amide bonds. The molecule has 1 aromatic rings. The number of carbonyl (C=O) groups is 2. The monoisotopic (exact) mass is 262 g/mol. The molecule has 0 atom stereocenters. The predicted octanol–water partition coefficient (Wildman–Crippen LogP) is 2.15. The Kier molecular flexibility index (Phi) is 4.04. The number of benzene rings is 1. The second kappa shape index (κ2) is 5.73. The molecule has 0 aromatic heterocycles. The lowest BCUT2D eigenvalue weighted by molar-refractivity contribution is -0.136. The highest BCUT2D eigenvalue weighted by molar-refractivity contribution is 5.92. The van der Waals surface area contributed by atoms with Crippen LogP contribution in [0.1, 0.15) is 24.8 Å². The molecule has 0 heterocycles. The maximum absolute atomic E-state index is 12.1. The van der Waals surface area contributed by atoms with Crippen LogP contribution < -0.4 is 10.2 Å². The van der Waals surface area contributed by atoms with Crippen LogP contribution in [0, 0.1) is 6.92 Å². The van der Waals surface area contributed by atoms with Gasteiger partial charge in [-0.2, -0.15) is 0 Å². The van der Waals surface area contributed by atoms with Crippen molar-refractivity contribution in [3.63, 3.8) is 0 Å². The van der Waals surface area contributed by atoms with Gasteiger partial charge in [-0.25, -0.2) is 4.79 Å². The van der Waals surface area contributed by atoms with Crippen molar-refractivity contribution in [1.29, 1.82) is 0 Å². The fourth-order valence-electron chi connectivity index (χ4n) is 1.76. The van der Waals surface area contributed by atoms with E-state index in [1.807, 2.05) is 31.2 Å². The Balaban J connectivity index is 2.09. The van der Waals surface area contributed by atoms with Gasteiger partial charge in [-0.15, -0.1) is 0 Å². The number of carbonyl (C=O) groups excluding carboxylic acids is 1. The van der Waals surface area contributed by atoms with E-state index in [4.69, 9.17) is 5.11 Å². The average Bonchev–Trinajstić information content (AvgIpc) is 3.15. The first-order chi connectivity index (χ1) is 9.06. The van der Waals surface area contributed by atoms with Gasteiger partial charge in [0.05, 0.1) is 6.42 Å². The van der Waals surface area contributed by atoms with Crippen LogP contribution in [0.5, 0.6) is 0 Å². The van der Waals surface area contributed by atoms with Crippen molar-refractivity contribution in [2.24, 2.45) is 0 Å². The van der Waals surface area contributed by atoms with E-state index in [-0.39, 0.29) is 25.0 Å². The van der Waals surface area contributed by atoms with Gasteiger partial charge in [0.15, 0.2) is 0 Å². The minimum Gasteiger partial charge on any atom is -0.481 e. The van der Waals surface area contributed by atoms with E-state index in [2.05, 4.69) is 5.32 Å². The van der Waals surface area contributed by atoms with Crippen LogP contribution in [-0.2, 0) is 4.79 Å². The summed E-state index contributed by atoms with van der Waals surface area (Å²) in [6.45, 7) is 2.15. The molecule has 102 valence electrons. The second-order valence-electron chi connectivity index (χ2n) is 4.85. The van der Waals surface area contributed by atoms with Gasteiger partial charge in [-0.1, -0.05) is 17.7 Å². The molecule has 1 saturated carbocycles. The molecule has 1 aromatic carbocycles. The number of nitrogens with one attached hydrogen (secondary N) is 1. The minimum atomic E-state index is -0.906. The highest BCUT2D eigenvalue weighted by Gasteiger charge is 2.26. The van der Waals surface area contributed by atoms with Crippen LogP contribution in [0.15, 0.2) is 24.3 Å². The van der Waals surface area contributed by atoms with Gasteiger partial charge < -0.3 is 10.4 Å². The predicted molar refractivity (Wildman–Crippen MR) is 72.3 cm³/mol. The summed E-state index contributed by atoms with van der Waals surface area (Å²) in [5.74, 6) is -0.906. The van der Waals surface area contributed by atoms with Crippen molar-refractivity contribution in [1.82, 2.24) is 5.32 Å². The van der Waals surface area contributed by atoms with Crippen molar-refractivity contribution in [2.75, 3.05) is 11.4 Å². The largest absolute Gasteiger partial charge is 0.481 e. The Morgan fingerprint density at radius 3 is 2.47 bits per heavy atom. The van der Waals surface area contributed by atoms with Gasteiger partial charge in [0.2, 0.25) is 0 Å². The lowest BCUT2D eigenvalue weighted by Gasteiger charge is -2.22. The van der Waals surface area contributed by atoms with Crippen molar-refractivity contribution in [3.05, 3.63) is 29.8 Å². The fraction of sp³-hybridized carbons (Fsp3) is 0.429. The van der Waals surface area contributed by atoms with Gasteiger partial charge in [0.25, 0.3) is 0 Å². The maximum Gasteiger partial charge on any atom is 0.322 e. The van der Waals surface area contributed by atoms with E-state index in [0.717, 1.165) is 24.1 Å². The normalized spacial score (nSPS) is 13.9. The van der Waals surface area contributed by atoms with E-state index in [0.29, 0.717) is 0 Å². The lowest BCUT2D eigenvalue weighted by Crippen LogP contribution is -2.42. The summed E-state index contributed by atoms with van der Waals surface area (Å²) in [7, 11) is 0. The number of rotatable bonds is 5. The zero-order chi connectivity index (χ0) is 13.8. The van der Waals surface area contributed by atoms with Crippen molar-refractivity contribution in [2.45, 2.75) is 32.2 Å². The van der Waals surface area contributed by atoms with Crippen molar-refractivity contribution in [3.8, 4) is 0 Å².